The van der Waals surface area contributed by atoms with Crippen molar-refractivity contribution in [2.45, 2.75) is 75.5 Å². The van der Waals surface area contributed by atoms with Crippen molar-refractivity contribution >= 4 is 56.6 Å². The number of carbonyl (C=O) groups excluding carboxylic acids is 2. The lowest BCUT2D eigenvalue weighted by Crippen LogP contribution is -2.10. The molecule has 1 aliphatic carbocycles. The molecule has 0 radical (unpaired) electrons. The molecule has 0 spiro atoms. The summed E-state index contributed by atoms with van der Waals surface area (Å²) in [6.45, 7) is 2.25. The fourth-order valence-electron chi connectivity index (χ4n) is 3.48. The number of thioether (sulfide) groups is 2. The minimum atomic E-state index is -0.0885. The average molecular weight is 474 g/mol. The SMILES string of the molecule is CCCCCCCCCCCCSC1=CC(=O)C(Sc2nc3ccccc3s2)=CC1=O. The number of carbonyl (C=O) groups is 2. The first-order chi connectivity index (χ1) is 15.2. The number of hydrogen-bond donors (Lipinski definition) is 0. The molecule has 0 N–H and O–H groups in total. The predicted molar refractivity (Wildman–Crippen MR) is 136 cm³/mol. The van der Waals surface area contributed by atoms with Crippen molar-refractivity contribution in [1.82, 2.24) is 4.98 Å². The highest BCUT2D eigenvalue weighted by Crippen LogP contribution is 2.36. The molecule has 0 atom stereocenters. The van der Waals surface area contributed by atoms with Gasteiger partial charge in [-0.2, -0.15) is 0 Å². The van der Waals surface area contributed by atoms with Gasteiger partial charge in [0.1, 0.15) is 0 Å². The Labute approximate surface area is 198 Å². The molecule has 1 heterocycles. The highest BCUT2D eigenvalue weighted by atomic mass is 32.2. The molecule has 6 heteroatoms. The van der Waals surface area contributed by atoms with E-state index < -0.39 is 0 Å². The van der Waals surface area contributed by atoms with Crippen LogP contribution >= 0.6 is 34.9 Å². The molecular weight excluding hydrogens is 442 g/mol. The second-order valence-corrected chi connectivity index (χ2v) is 11.3. The number of unbranched alkanes of at least 4 members (excludes halogenated alkanes) is 9. The summed E-state index contributed by atoms with van der Waals surface area (Å²) < 4.78 is 1.88. The van der Waals surface area contributed by atoms with E-state index in [4.69, 9.17) is 0 Å². The zero-order valence-electron chi connectivity index (χ0n) is 18.2. The fourth-order valence-corrected chi connectivity index (χ4v) is 6.50. The minimum absolute atomic E-state index is 0.0553. The van der Waals surface area contributed by atoms with E-state index in [0.29, 0.717) is 9.81 Å². The Balaban J connectivity index is 1.34. The first-order valence-electron chi connectivity index (χ1n) is 11.4. The van der Waals surface area contributed by atoms with Gasteiger partial charge in [0.2, 0.25) is 0 Å². The van der Waals surface area contributed by atoms with Gasteiger partial charge in [-0.15, -0.1) is 23.1 Å². The van der Waals surface area contributed by atoms with Crippen LogP contribution in [0.5, 0.6) is 0 Å². The van der Waals surface area contributed by atoms with Crippen LogP contribution in [0.25, 0.3) is 10.2 Å². The van der Waals surface area contributed by atoms with E-state index in [1.807, 2.05) is 24.3 Å². The third kappa shape index (κ3) is 7.92. The third-order valence-corrected chi connectivity index (χ3v) is 8.50. The lowest BCUT2D eigenvalue weighted by Gasteiger charge is -2.10. The molecule has 166 valence electrons. The quantitative estimate of drug-likeness (QED) is 0.206. The number of fused-ring (bicyclic) bond motifs is 1. The number of benzene rings is 1. The molecule has 3 rings (SSSR count). The van der Waals surface area contributed by atoms with Crippen LogP contribution < -0.4 is 0 Å². The Morgan fingerprint density at radius 1 is 0.806 bits per heavy atom. The van der Waals surface area contributed by atoms with Gasteiger partial charge >= 0.3 is 0 Å². The van der Waals surface area contributed by atoms with Crippen molar-refractivity contribution in [2.24, 2.45) is 0 Å². The minimum Gasteiger partial charge on any atom is -0.289 e. The molecule has 1 aromatic carbocycles. The molecule has 1 aromatic heterocycles. The van der Waals surface area contributed by atoms with Crippen LogP contribution in [0, 0.1) is 0 Å². The zero-order chi connectivity index (χ0) is 21.9. The molecule has 1 aliphatic rings. The summed E-state index contributed by atoms with van der Waals surface area (Å²) in [5, 5.41) is 0. The van der Waals surface area contributed by atoms with Gasteiger partial charge in [-0.05, 0) is 24.3 Å². The van der Waals surface area contributed by atoms with Gasteiger partial charge in [0, 0.05) is 12.2 Å². The molecule has 3 nitrogen and oxygen atoms in total. The average Bonchev–Trinajstić information content (AvgIpc) is 3.17. The molecule has 0 unspecified atom stereocenters. The van der Waals surface area contributed by atoms with Crippen molar-refractivity contribution in [2.75, 3.05) is 5.75 Å². The fraction of sp³-hybridized carbons (Fsp3) is 0.480. The van der Waals surface area contributed by atoms with Crippen LogP contribution in [0.3, 0.4) is 0 Å². The van der Waals surface area contributed by atoms with Crippen molar-refractivity contribution in [3.63, 3.8) is 0 Å². The first kappa shape index (κ1) is 24.3. The van der Waals surface area contributed by atoms with Crippen LogP contribution in [0.4, 0.5) is 0 Å². The highest BCUT2D eigenvalue weighted by Gasteiger charge is 2.22. The van der Waals surface area contributed by atoms with E-state index in [9.17, 15) is 9.59 Å². The summed E-state index contributed by atoms with van der Waals surface area (Å²) in [5.74, 6) is 0.755. The standard InChI is InChI=1S/C25H31NO2S3/c1-2-3-4-5-6-7-8-9-10-13-16-29-23-17-21(28)24(18-20(23)27)31-25-26-19-14-11-12-15-22(19)30-25/h11-12,14-15,17-18H,2-10,13,16H2,1H3. The number of thiazole rings is 1. The number of hydrogen-bond acceptors (Lipinski definition) is 6. The third-order valence-electron chi connectivity index (χ3n) is 5.24. The summed E-state index contributed by atoms with van der Waals surface area (Å²) in [6.07, 6.45) is 16.0. The number of nitrogens with zero attached hydrogens (tertiary/aromatic N) is 1. The molecule has 0 bridgehead atoms. The molecule has 0 aliphatic heterocycles. The molecule has 31 heavy (non-hydrogen) atoms. The van der Waals surface area contributed by atoms with Crippen LogP contribution in [-0.2, 0) is 9.59 Å². The second-order valence-electron chi connectivity index (χ2n) is 7.83. The predicted octanol–water partition coefficient (Wildman–Crippen LogP) is 7.96. The lowest BCUT2D eigenvalue weighted by atomic mass is 10.1. The van der Waals surface area contributed by atoms with Crippen molar-refractivity contribution in [3.05, 3.63) is 46.2 Å². The number of allylic oxidation sites excluding steroid dienone is 4. The summed E-state index contributed by atoms with van der Waals surface area (Å²) in [7, 11) is 0. The van der Waals surface area contributed by atoms with Gasteiger partial charge in [0.05, 0.1) is 20.0 Å². The van der Waals surface area contributed by atoms with Crippen molar-refractivity contribution in [1.29, 1.82) is 0 Å². The number of ketones is 2. The zero-order valence-corrected chi connectivity index (χ0v) is 20.7. The van der Waals surface area contributed by atoms with Crippen LogP contribution in [-0.4, -0.2) is 22.3 Å². The smallest absolute Gasteiger partial charge is 0.193 e. The van der Waals surface area contributed by atoms with Gasteiger partial charge in [-0.1, -0.05) is 88.6 Å². The van der Waals surface area contributed by atoms with Crippen molar-refractivity contribution < 1.29 is 9.59 Å². The maximum absolute atomic E-state index is 12.5. The lowest BCUT2D eigenvalue weighted by molar-refractivity contribution is -0.114. The molecule has 0 amide bonds. The second kappa shape index (κ2) is 13.2. The van der Waals surface area contributed by atoms with E-state index >= 15 is 0 Å². The maximum Gasteiger partial charge on any atom is 0.193 e. The van der Waals surface area contributed by atoms with E-state index in [1.54, 1.807) is 11.3 Å². The largest absolute Gasteiger partial charge is 0.289 e. The van der Waals surface area contributed by atoms with Gasteiger partial charge in [-0.3, -0.25) is 9.59 Å². The summed E-state index contributed by atoms with van der Waals surface area (Å²) in [4.78, 5) is 30.6. The molecule has 0 saturated carbocycles. The topological polar surface area (TPSA) is 47.0 Å². The monoisotopic (exact) mass is 473 g/mol. The van der Waals surface area contributed by atoms with Crippen LogP contribution in [0.15, 0.2) is 50.6 Å². The number of aromatic nitrogens is 1. The van der Waals surface area contributed by atoms with Crippen LogP contribution in [0.1, 0.15) is 71.1 Å². The Hall–Kier alpha value is -1.37. The van der Waals surface area contributed by atoms with Gasteiger partial charge in [0.25, 0.3) is 0 Å². The Morgan fingerprint density at radius 2 is 1.42 bits per heavy atom. The molecule has 0 saturated heterocycles. The Bertz CT molecular complexity index is 912. The summed E-state index contributed by atoms with van der Waals surface area (Å²) in [6, 6.07) is 7.90. The van der Waals surface area contributed by atoms with Gasteiger partial charge in [-0.25, -0.2) is 4.98 Å². The summed E-state index contributed by atoms with van der Waals surface area (Å²) in [5.41, 5.74) is 0.925. The van der Waals surface area contributed by atoms with E-state index in [-0.39, 0.29) is 11.6 Å². The molecule has 0 fully saturated rings. The summed E-state index contributed by atoms with van der Waals surface area (Å²) >= 11 is 4.36. The molecule has 2 aromatic rings. The van der Waals surface area contributed by atoms with E-state index in [1.165, 1.54) is 93.5 Å². The van der Waals surface area contributed by atoms with Gasteiger partial charge < -0.3 is 0 Å². The van der Waals surface area contributed by atoms with Crippen LogP contribution in [0.2, 0.25) is 0 Å². The number of rotatable bonds is 14. The van der Waals surface area contributed by atoms with E-state index in [0.717, 1.165) is 26.7 Å². The maximum atomic E-state index is 12.5. The van der Waals surface area contributed by atoms with Gasteiger partial charge in [0.15, 0.2) is 15.9 Å². The Kier molecular flexibility index (Phi) is 10.4. The Morgan fingerprint density at radius 3 is 2.13 bits per heavy atom. The normalized spacial score (nSPS) is 14.2. The van der Waals surface area contributed by atoms with E-state index in [2.05, 4.69) is 11.9 Å². The first-order valence-corrected chi connectivity index (χ1v) is 14.0. The highest BCUT2D eigenvalue weighted by molar-refractivity contribution is 8.06. The molecular formula is C25H31NO2S3. The number of para-hydroxylation sites is 1. The van der Waals surface area contributed by atoms with Crippen molar-refractivity contribution in [3.8, 4) is 0 Å².